The van der Waals surface area contributed by atoms with Crippen molar-refractivity contribution in [2.75, 3.05) is 12.3 Å². The monoisotopic (exact) mass is 297 g/mol. The fourth-order valence-electron chi connectivity index (χ4n) is 2.43. The van der Waals surface area contributed by atoms with Crippen LogP contribution in [-0.2, 0) is 20.6 Å². The summed E-state index contributed by atoms with van der Waals surface area (Å²) in [6.45, 7) is 0.352. The van der Waals surface area contributed by atoms with Crippen molar-refractivity contribution >= 4 is 21.6 Å². The number of primary amides is 1. The standard InChI is InChI=1S/C13H19N3O3S/c14-11-6-4-10(5-7-11)9-20(18,19)16-8-2-1-3-12(16)13(15)17/h4-7,12H,1-3,8-9,14H2,(H2,15,17). The first-order valence-corrected chi connectivity index (χ1v) is 8.14. The molecule has 1 amide bonds. The van der Waals surface area contributed by atoms with E-state index in [1.165, 1.54) is 4.31 Å². The summed E-state index contributed by atoms with van der Waals surface area (Å²) in [5, 5.41) is 0. The van der Waals surface area contributed by atoms with E-state index in [1.807, 2.05) is 0 Å². The largest absolute Gasteiger partial charge is 0.399 e. The molecule has 1 heterocycles. The molecule has 1 aromatic rings. The molecule has 0 radical (unpaired) electrons. The summed E-state index contributed by atoms with van der Waals surface area (Å²) in [5.74, 6) is -0.720. The Morgan fingerprint density at radius 2 is 1.90 bits per heavy atom. The summed E-state index contributed by atoms with van der Waals surface area (Å²) in [6, 6.07) is 5.95. The van der Waals surface area contributed by atoms with Gasteiger partial charge in [-0.3, -0.25) is 4.79 Å². The summed E-state index contributed by atoms with van der Waals surface area (Å²) in [6.07, 6.45) is 2.07. The van der Waals surface area contributed by atoms with Gasteiger partial charge in [-0.05, 0) is 30.5 Å². The zero-order chi connectivity index (χ0) is 14.8. The average molecular weight is 297 g/mol. The zero-order valence-corrected chi connectivity index (χ0v) is 12.0. The van der Waals surface area contributed by atoms with Crippen LogP contribution >= 0.6 is 0 Å². The number of sulfonamides is 1. The summed E-state index contributed by atoms with van der Waals surface area (Å²) in [5.41, 5.74) is 12.1. The lowest BCUT2D eigenvalue weighted by molar-refractivity contribution is -0.122. The van der Waals surface area contributed by atoms with Gasteiger partial charge in [0.1, 0.15) is 6.04 Å². The minimum Gasteiger partial charge on any atom is -0.399 e. The molecule has 7 heteroatoms. The Morgan fingerprint density at radius 3 is 2.50 bits per heavy atom. The lowest BCUT2D eigenvalue weighted by Crippen LogP contribution is -2.50. The molecular formula is C13H19N3O3S. The molecule has 1 aliphatic heterocycles. The third kappa shape index (κ3) is 3.29. The molecule has 0 saturated carbocycles. The Bertz CT molecular complexity index is 583. The van der Waals surface area contributed by atoms with Crippen LogP contribution in [0.25, 0.3) is 0 Å². The van der Waals surface area contributed by atoms with Gasteiger partial charge < -0.3 is 11.5 Å². The number of nitrogens with zero attached hydrogens (tertiary/aromatic N) is 1. The third-order valence-corrected chi connectivity index (χ3v) is 5.32. The molecule has 4 N–H and O–H groups in total. The number of amides is 1. The van der Waals surface area contributed by atoms with Crippen LogP contribution in [0.2, 0.25) is 0 Å². The van der Waals surface area contributed by atoms with E-state index in [9.17, 15) is 13.2 Å². The smallest absolute Gasteiger partial charge is 0.235 e. The van der Waals surface area contributed by atoms with Crippen LogP contribution in [0, 0.1) is 0 Å². The molecule has 0 bridgehead atoms. The predicted molar refractivity (Wildman–Crippen MR) is 77.0 cm³/mol. The maximum Gasteiger partial charge on any atom is 0.235 e. The fourth-order valence-corrected chi connectivity index (χ4v) is 4.21. The van der Waals surface area contributed by atoms with Crippen molar-refractivity contribution < 1.29 is 13.2 Å². The highest BCUT2D eigenvalue weighted by molar-refractivity contribution is 7.88. The molecule has 1 fully saturated rings. The van der Waals surface area contributed by atoms with E-state index in [2.05, 4.69) is 0 Å². The fraction of sp³-hybridized carbons (Fsp3) is 0.462. The Labute approximate surface area is 118 Å². The van der Waals surface area contributed by atoms with E-state index >= 15 is 0 Å². The molecule has 1 unspecified atom stereocenters. The molecule has 1 aromatic carbocycles. The second kappa shape index (κ2) is 5.80. The van der Waals surface area contributed by atoms with Gasteiger partial charge in [0.25, 0.3) is 0 Å². The topological polar surface area (TPSA) is 106 Å². The van der Waals surface area contributed by atoms with Crippen LogP contribution in [0.1, 0.15) is 24.8 Å². The highest BCUT2D eigenvalue weighted by Gasteiger charge is 2.35. The first kappa shape index (κ1) is 14.8. The first-order chi connectivity index (χ1) is 9.40. The van der Waals surface area contributed by atoms with E-state index in [-0.39, 0.29) is 5.75 Å². The van der Waals surface area contributed by atoms with Crippen molar-refractivity contribution in [1.82, 2.24) is 4.31 Å². The van der Waals surface area contributed by atoms with Crippen LogP contribution in [0.3, 0.4) is 0 Å². The van der Waals surface area contributed by atoms with Crippen molar-refractivity contribution in [3.8, 4) is 0 Å². The number of piperidine rings is 1. The molecule has 1 atom stereocenters. The molecule has 110 valence electrons. The second-order valence-electron chi connectivity index (χ2n) is 5.02. The summed E-state index contributed by atoms with van der Waals surface area (Å²) in [7, 11) is -3.55. The number of carbonyl (C=O) groups is 1. The van der Waals surface area contributed by atoms with Gasteiger partial charge in [0.05, 0.1) is 5.75 Å². The van der Waals surface area contributed by atoms with E-state index in [4.69, 9.17) is 11.5 Å². The first-order valence-electron chi connectivity index (χ1n) is 6.53. The van der Waals surface area contributed by atoms with Gasteiger partial charge in [-0.2, -0.15) is 4.31 Å². The maximum atomic E-state index is 12.4. The number of hydrogen-bond donors (Lipinski definition) is 2. The molecule has 0 aliphatic carbocycles. The van der Waals surface area contributed by atoms with Crippen molar-refractivity contribution in [3.05, 3.63) is 29.8 Å². The highest BCUT2D eigenvalue weighted by atomic mass is 32.2. The molecule has 2 rings (SSSR count). The van der Waals surface area contributed by atoms with Crippen LogP contribution < -0.4 is 11.5 Å². The normalized spacial score (nSPS) is 20.7. The molecule has 0 spiro atoms. The summed E-state index contributed by atoms with van der Waals surface area (Å²) >= 11 is 0. The van der Waals surface area contributed by atoms with Gasteiger partial charge >= 0.3 is 0 Å². The number of nitrogen functional groups attached to an aromatic ring is 1. The molecule has 6 nitrogen and oxygen atoms in total. The van der Waals surface area contributed by atoms with Gasteiger partial charge in [0, 0.05) is 12.2 Å². The predicted octanol–water partition coefficient (Wildman–Crippen LogP) is 0.438. The lowest BCUT2D eigenvalue weighted by atomic mass is 10.0. The number of benzene rings is 1. The number of rotatable bonds is 4. The van der Waals surface area contributed by atoms with Gasteiger partial charge in [0.15, 0.2) is 0 Å². The molecule has 0 aromatic heterocycles. The number of nitrogens with two attached hydrogens (primary N) is 2. The van der Waals surface area contributed by atoms with Crippen LogP contribution in [0.4, 0.5) is 5.69 Å². The Morgan fingerprint density at radius 1 is 1.25 bits per heavy atom. The van der Waals surface area contributed by atoms with Crippen LogP contribution in [0.5, 0.6) is 0 Å². The minimum atomic E-state index is -3.55. The lowest BCUT2D eigenvalue weighted by Gasteiger charge is -2.32. The van der Waals surface area contributed by atoms with E-state index in [0.717, 1.165) is 12.8 Å². The van der Waals surface area contributed by atoms with Crippen molar-refractivity contribution in [1.29, 1.82) is 0 Å². The highest BCUT2D eigenvalue weighted by Crippen LogP contribution is 2.23. The van der Waals surface area contributed by atoms with Crippen molar-refractivity contribution in [2.24, 2.45) is 5.73 Å². The van der Waals surface area contributed by atoms with Crippen molar-refractivity contribution in [3.63, 3.8) is 0 Å². The van der Waals surface area contributed by atoms with E-state index in [1.54, 1.807) is 24.3 Å². The van der Waals surface area contributed by atoms with Crippen LogP contribution in [-0.4, -0.2) is 31.2 Å². The maximum absolute atomic E-state index is 12.4. The van der Waals surface area contributed by atoms with E-state index in [0.29, 0.717) is 24.2 Å². The summed E-state index contributed by atoms with van der Waals surface area (Å²) in [4.78, 5) is 11.4. The van der Waals surface area contributed by atoms with Gasteiger partial charge in [-0.15, -0.1) is 0 Å². The Kier molecular flexibility index (Phi) is 4.29. The average Bonchev–Trinajstić information content (AvgIpc) is 2.41. The molecule has 20 heavy (non-hydrogen) atoms. The Hall–Kier alpha value is -1.60. The SMILES string of the molecule is NC(=O)C1CCCCN1S(=O)(=O)Cc1ccc(N)cc1. The van der Waals surface area contributed by atoms with E-state index < -0.39 is 22.0 Å². The van der Waals surface area contributed by atoms with Gasteiger partial charge in [0.2, 0.25) is 15.9 Å². The van der Waals surface area contributed by atoms with Crippen molar-refractivity contribution in [2.45, 2.75) is 31.1 Å². The Balaban J connectivity index is 2.20. The molecule has 1 saturated heterocycles. The third-order valence-electron chi connectivity index (χ3n) is 3.47. The zero-order valence-electron chi connectivity index (χ0n) is 11.2. The second-order valence-corrected chi connectivity index (χ2v) is 6.94. The minimum absolute atomic E-state index is 0.142. The molecule has 1 aliphatic rings. The van der Waals surface area contributed by atoms with Gasteiger partial charge in [-0.25, -0.2) is 8.42 Å². The number of carbonyl (C=O) groups excluding carboxylic acids is 1. The quantitative estimate of drug-likeness (QED) is 0.786. The van der Waals surface area contributed by atoms with Gasteiger partial charge in [-0.1, -0.05) is 18.6 Å². The number of anilines is 1. The summed E-state index contributed by atoms with van der Waals surface area (Å²) < 4.78 is 26.1. The molecular weight excluding hydrogens is 278 g/mol. The number of hydrogen-bond acceptors (Lipinski definition) is 4. The van der Waals surface area contributed by atoms with Crippen LogP contribution in [0.15, 0.2) is 24.3 Å².